The van der Waals surface area contributed by atoms with Gasteiger partial charge in [0.05, 0.1) is 0 Å². The quantitative estimate of drug-likeness (QED) is 0.896. The summed E-state index contributed by atoms with van der Waals surface area (Å²) >= 11 is 0. The highest BCUT2D eigenvalue weighted by atomic mass is 15.2. The molecule has 1 fully saturated rings. The van der Waals surface area contributed by atoms with Crippen molar-refractivity contribution in [2.45, 2.75) is 52.1 Å². The fraction of sp³-hybridized carbons (Fsp3) is 0.647. The summed E-state index contributed by atoms with van der Waals surface area (Å²) in [4.78, 5) is 2.62. The van der Waals surface area contributed by atoms with Crippen LogP contribution in [-0.4, -0.2) is 24.0 Å². The third kappa shape index (κ3) is 3.58. The average Bonchev–Trinajstić information content (AvgIpc) is 2.41. The Morgan fingerprint density at radius 1 is 1.26 bits per heavy atom. The van der Waals surface area contributed by atoms with E-state index in [2.05, 4.69) is 56.0 Å². The van der Waals surface area contributed by atoms with E-state index in [9.17, 15) is 0 Å². The Kier molecular flexibility index (Phi) is 4.64. The minimum absolute atomic E-state index is 0.0998. The normalized spacial score (nSPS) is 23.3. The van der Waals surface area contributed by atoms with E-state index < -0.39 is 0 Å². The van der Waals surface area contributed by atoms with Crippen molar-refractivity contribution >= 4 is 0 Å². The zero-order chi connectivity index (χ0) is 13.9. The molecule has 0 amide bonds. The maximum Gasteiger partial charge on any atom is 0.0359 e. The van der Waals surface area contributed by atoms with E-state index in [0.29, 0.717) is 6.04 Å². The Morgan fingerprint density at radius 3 is 2.58 bits per heavy atom. The van der Waals surface area contributed by atoms with Gasteiger partial charge in [-0.2, -0.15) is 0 Å². The van der Waals surface area contributed by atoms with E-state index in [1.165, 1.54) is 31.4 Å². The van der Waals surface area contributed by atoms with Crippen LogP contribution in [0.4, 0.5) is 0 Å². The second-order valence-electron chi connectivity index (χ2n) is 6.69. The number of nitrogens with zero attached hydrogens (tertiary/aromatic N) is 1. The fourth-order valence-electron chi connectivity index (χ4n) is 3.13. The van der Waals surface area contributed by atoms with Crippen molar-refractivity contribution < 1.29 is 0 Å². The molecule has 2 rings (SSSR count). The Morgan fingerprint density at radius 2 is 1.95 bits per heavy atom. The minimum Gasteiger partial charge on any atom is -0.323 e. The summed E-state index contributed by atoms with van der Waals surface area (Å²) in [5.74, 6) is 0. The summed E-state index contributed by atoms with van der Waals surface area (Å²) in [6, 6.07) is 11.3. The van der Waals surface area contributed by atoms with E-state index in [1.807, 2.05) is 0 Å². The SMILES string of the molecule is CC1CCCCN1CC(C)(C)C(N)c1ccccc1. The Balaban J connectivity index is 2.04. The van der Waals surface area contributed by atoms with Gasteiger partial charge in [0, 0.05) is 18.6 Å². The second-order valence-corrected chi connectivity index (χ2v) is 6.69. The highest BCUT2D eigenvalue weighted by Crippen LogP contribution is 2.33. The van der Waals surface area contributed by atoms with Crippen LogP contribution in [0, 0.1) is 5.41 Å². The maximum absolute atomic E-state index is 6.51. The molecule has 1 aromatic rings. The first-order valence-corrected chi connectivity index (χ1v) is 7.55. The smallest absolute Gasteiger partial charge is 0.0359 e. The van der Waals surface area contributed by atoms with Gasteiger partial charge >= 0.3 is 0 Å². The van der Waals surface area contributed by atoms with E-state index in [4.69, 9.17) is 5.73 Å². The first kappa shape index (κ1) is 14.5. The van der Waals surface area contributed by atoms with Crippen LogP contribution in [0.5, 0.6) is 0 Å². The van der Waals surface area contributed by atoms with Crippen LogP contribution in [-0.2, 0) is 0 Å². The van der Waals surface area contributed by atoms with Gasteiger partial charge in [0.25, 0.3) is 0 Å². The summed E-state index contributed by atoms with van der Waals surface area (Å²) in [5.41, 5.74) is 7.86. The number of rotatable bonds is 4. The highest BCUT2D eigenvalue weighted by molar-refractivity contribution is 5.20. The molecule has 1 aromatic carbocycles. The molecule has 2 nitrogen and oxygen atoms in total. The van der Waals surface area contributed by atoms with Gasteiger partial charge < -0.3 is 10.6 Å². The van der Waals surface area contributed by atoms with Gasteiger partial charge in [-0.3, -0.25) is 0 Å². The predicted octanol–water partition coefficient (Wildman–Crippen LogP) is 3.59. The number of piperidine rings is 1. The monoisotopic (exact) mass is 260 g/mol. The van der Waals surface area contributed by atoms with E-state index in [0.717, 1.165) is 6.54 Å². The maximum atomic E-state index is 6.51. The molecule has 2 heteroatoms. The van der Waals surface area contributed by atoms with Crippen LogP contribution in [0.3, 0.4) is 0 Å². The molecule has 0 spiro atoms. The topological polar surface area (TPSA) is 29.3 Å². The number of likely N-dealkylation sites (tertiary alicyclic amines) is 1. The Bertz CT molecular complexity index is 386. The lowest BCUT2D eigenvalue weighted by molar-refractivity contribution is 0.0911. The van der Waals surface area contributed by atoms with Crippen molar-refractivity contribution in [2.75, 3.05) is 13.1 Å². The molecule has 2 unspecified atom stereocenters. The van der Waals surface area contributed by atoms with Gasteiger partial charge in [-0.25, -0.2) is 0 Å². The fourth-order valence-corrected chi connectivity index (χ4v) is 3.13. The van der Waals surface area contributed by atoms with Crippen molar-refractivity contribution in [1.82, 2.24) is 4.90 Å². The van der Waals surface area contributed by atoms with Crippen LogP contribution in [0.25, 0.3) is 0 Å². The molecule has 0 aliphatic carbocycles. The van der Waals surface area contributed by atoms with E-state index in [-0.39, 0.29) is 11.5 Å². The summed E-state index contributed by atoms with van der Waals surface area (Å²) < 4.78 is 0. The van der Waals surface area contributed by atoms with Crippen molar-refractivity contribution in [3.8, 4) is 0 Å². The molecule has 0 radical (unpaired) electrons. The van der Waals surface area contributed by atoms with E-state index >= 15 is 0 Å². The van der Waals surface area contributed by atoms with Crippen molar-refractivity contribution in [2.24, 2.45) is 11.1 Å². The lowest BCUT2D eigenvalue weighted by Crippen LogP contribution is -2.46. The molecule has 106 valence electrons. The second kappa shape index (κ2) is 6.06. The molecule has 1 aliphatic rings. The van der Waals surface area contributed by atoms with Crippen LogP contribution >= 0.6 is 0 Å². The van der Waals surface area contributed by atoms with Gasteiger partial charge in [-0.15, -0.1) is 0 Å². The van der Waals surface area contributed by atoms with E-state index in [1.54, 1.807) is 0 Å². The van der Waals surface area contributed by atoms with Crippen molar-refractivity contribution in [3.63, 3.8) is 0 Å². The molecule has 2 atom stereocenters. The van der Waals surface area contributed by atoms with Crippen LogP contribution in [0.1, 0.15) is 51.6 Å². The highest BCUT2D eigenvalue weighted by Gasteiger charge is 2.32. The molecule has 0 aromatic heterocycles. The summed E-state index contributed by atoms with van der Waals surface area (Å²) in [6.07, 6.45) is 4.04. The lowest BCUT2D eigenvalue weighted by atomic mass is 9.80. The van der Waals surface area contributed by atoms with Gasteiger partial charge in [0.1, 0.15) is 0 Å². The molecule has 2 N–H and O–H groups in total. The van der Waals surface area contributed by atoms with Gasteiger partial charge in [-0.1, -0.05) is 50.6 Å². The number of benzene rings is 1. The Labute approximate surface area is 118 Å². The molecular formula is C17H28N2. The molecule has 0 bridgehead atoms. The molecule has 19 heavy (non-hydrogen) atoms. The molecule has 1 heterocycles. The minimum atomic E-state index is 0.0998. The standard InChI is InChI=1S/C17H28N2/c1-14-9-7-8-12-19(14)13-17(2,3)16(18)15-10-5-4-6-11-15/h4-6,10-11,14,16H,7-9,12-13,18H2,1-3H3. The third-order valence-electron chi connectivity index (χ3n) is 4.55. The number of nitrogens with two attached hydrogens (primary N) is 1. The zero-order valence-electron chi connectivity index (χ0n) is 12.6. The van der Waals surface area contributed by atoms with Crippen molar-refractivity contribution in [1.29, 1.82) is 0 Å². The van der Waals surface area contributed by atoms with Crippen LogP contribution in [0.2, 0.25) is 0 Å². The summed E-state index contributed by atoms with van der Waals surface area (Å²) in [7, 11) is 0. The Hall–Kier alpha value is -0.860. The number of hydrogen-bond donors (Lipinski definition) is 1. The van der Waals surface area contributed by atoms with Crippen LogP contribution < -0.4 is 5.73 Å². The molecular weight excluding hydrogens is 232 g/mol. The van der Waals surface area contributed by atoms with Gasteiger partial charge in [-0.05, 0) is 37.3 Å². The largest absolute Gasteiger partial charge is 0.323 e. The van der Waals surface area contributed by atoms with Gasteiger partial charge in [0.15, 0.2) is 0 Å². The van der Waals surface area contributed by atoms with Crippen LogP contribution in [0.15, 0.2) is 30.3 Å². The summed E-state index contributed by atoms with van der Waals surface area (Å²) in [5, 5.41) is 0. The molecule has 1 aliphatic heterocycles. The molecule has 1 saturated heterocycles. The lowest BCUT2D eigenvalue weighted by Gasteiger charge is -2.41. The first-order chi connectivity index (χ1) is 9.00. The third-order valence-corrected chi connectivity index (χ3v) is 4.55. The molecule has 0 saturated carbocycles. The van der Waals surface area contributed by atoms with Crippen molar-refractivity contribution in [3.05, 3.63) is 35.9 Å². The zero-order valence-corrected chi connectivity index (χ0v) is 12.6. The predicted molar refractivity (Wildman–Crippen MR) is 82.0 cm³/mol. The summed E-state index contributed by atoms with van der Waals surface area (Å²) in [6.45, 7) is 9.26. The number of hydrogen-bond acceptors (Lipinski definition) is 2. The van der Waals surface area contributed by atoms with Gasteiger partial charge in [0.2, 0.25) is 0 Å². The average molecular weight is 260 g/mol. The first-order valence-electron chi connectivity index (χ1n) is 7.55.